The van der Waals surface area contributed by atoms with Crippen molar-refractivity contribution in [1.82, 2.24) is 5.32 Å². The zero-order valence-corrected chi connectivity index (χ0v) is 10.1. The Kier molecular flexibility index (Phi) is 5.74. The molecule has 0 spiro atoms. The predicted molar refractivity (Wildman–Crippen MR) is 60.1 cm³/mol. The highest BCUT2D eigenvalue weighted by atomic mass is 16.5. The van der Waals surface area contributed by atoms with Gasteiger partial charge >= 0.3 is 5.97 Å². The standard InChI is InChI=1S/C11H19NO4/c1-5-6-7-8(9(13)14)12-10(15)11(2,3)16-4/h5-6,8H,7H2,1-4H3,(H,12,15)(H,13,14)/b6-5+. The Hall–Kier alpha value is -1.36. The molecule has 0 aromatic rings. The van der Waals surface area contributed by atoms with Crippen LogP contribution in [0.5, 0.6) is 0 Å². The molecule has 1 amide bonds. The average Bonchev–Trinajstić information content (AvgIpc) is 2.23. The van der Waals surface area contributed by atoms with E-state index in [0.29, 0.717) is 0 Å². The second kappa shape index (κ2) is 6.27. The van der Waals surface area contributed by atoms with E-state index in [9.17, 15) is 9.59 Å². The lowest BCUT2D eigenvalue weighted by Gasteiger charge is -2.24. The fourth-order valence-electron chi connectivity index (χ4n) is 0.918. The second-order valence-corrected chi connectivity index (χ2v) is 3.88. The van der Waals surface area contributed by atoms with Gasteiger partial charge in [0.15, 0.2) is 0 Å². The summed E-state index contributed by atoms with van der Waals surface area (Å²) in [6.45, 7) is 4.95. The lowest BCUT2D eigenvalue weighted by Crippen LogP contribution is -2.50. The number of carbonyl (C=O) groups is 2. The number of hydrogen-bond donors (Lipinski definition) is 2. The van der Waals surface area contributed by atoms with Crippen LogP contribution in [0, 0.1) is 0 Å². The summed E-state index contributed by atoms with van der Waals surface area (Å²) in [7, 11) is 1.40. The molecule has 0 radical (unpaired) electrons. The molecule has 0 saturated carbocycles. The number of hydrogen-bond acceptors (Lipinski definition) is 3. The summed E-state index contributed by atoms with van der Waals surface area (Å²) in [5.74, 6) is -1.50. The molecule has 0 fully saturated rings. The van der Waals surface area contributed by atoms with Crippen LogP contribution in [0.4, 0.5) is 0 Å². The van der Waals surface area contributed by atoms with Crippen molar-refractivity contribution in [3.8, 4) is 0 Å². The largest absolute Gasteiger partial charge is 0.480 e. The Morgan fingerprint density at radius 1 is 1.50 bits per heavy atom. The Bertz CT molecular complexity index is 284. The number of methoxy groups -OCH3 is 1. The number of ether oxygens (including phenoxy) is 1. The van der Waals surface area contributed by atoms with E-state index in [2.05, 4.69) is 5.32 Å². The lowest BCUT2D eigenvalue weighted by molar-refractivity contribution is -0.147. The van der Waals surface area contributed by atoms with Gasteiger partial charge in [-0.15, -0.1) is 0 Å². The van der Waals surface area contributed by atoms with Gasteiger partial charge in [0.05, 0.1) is 0 Å². The minimum atomic E-state index is -1.06. The van der Waals surface area contributed by atoms with Gasteiger partial charge in [-0.05, 0) is 27.2 Å². The van der Waals surface area contributed by atoms with E-state index in [0.717, 1.165) is 0 Å². The van der Waals surface area contributed by atoms with Gasteiger partial charge in [-0.2, -0.15) is 0 Å². The number of carbonyl (C=O) groups excluding carboxylic acids is 1. The fourth-order valence-corrected chi connectivity index (χ4v) is 0.918. The molecule has 92 valence electrons. The SMILES string of the molecule is C/C=C/CC(NC(=O)C(C)(C)OC)C(=O)O. The first-order chi connectivity index (χ1) is 7.35. The van der Waals surface area contributed by atoms with Crippen molar-refractivity contribution >= 4 is 11.9 Å². The van der Waals surface area contributed by atoms with Gasteiger partial charge in [0.1, 0.15) is 11.6 Å². The summed E-state index contributed by atoms with van der Waals surface area (Å²) in [6.07, 6.45) is 3.69. The Balaban J connectivity index is 4.52. The lowest BCUT2D eigenvalue weighted by atomic mass is 10.1. The summed E-state index contributed by atoms with van der Waals surface area (Å²) in [5, 5.41) is 11.3. The van der Waals surface area contributed by atoms with Crippen LogP contribution in [0.15, 0.2) is 12.2 Å². The van der Waals surface area contributed by atoms with E-state index in [1.165, 1.54) is 7.11 Å². The third kappa shape index (κ3) is 4.44. The first-order valence-corrected chi connectivity index (χ1v) is 5.05. The number of rotatable bonds is 6. The van der Waals surface area contributed by atoms with Crippen LogP contribution in [0.3, 0.4) is 0 Å². The zero-order chi connectivity index (χ0) is 12.8. The smallest absolute Gasteiger partial charge is 0.326 e. The molecule has 5 nitrogen and oxygen atoms in total. The van der Waals surface area contributed by atoms with Crippen molar-refractivity contribution in [3.63, 3.8) is 0 Å². The van der Waals surface area contributed by atoms with Crippen molar-refractivity contribution in [2.75, 3.05) is 7.11 Å². The minimum absolute atomic E-state index is 0.261. The molecule has 5 heteroatoms. The molecular formula is C11H19NO4. The summed E-state index contributed by atoms with van der Waals surface area (Å²) in [5.41, 5.74) is -1.02. The maximum absolute atomic E-state index is 11.7. The molecule has 0 aliphatic rings. The van der Waals surface area contributed by atoms with Crippen LogP contribution in [-0.4, -0.2) is 35.7 Å². The second-order valence-electron chi connectivity index (χ2n) is 3.88. The van der Waals surface area contributed by atoms with Crippen molar-refractivity contribution in [2.24, 2.45) is 0 Å². The van der Waals surface area contributed by atoms with Gasteiger partial charge in [0.2, 0.25) is 0 Å². The Morgan fingerprint density at radius 2 is 2.06 bits per heavy atom. The minimum Gasteiger partial charge on any atom is -0.480 e. The molecule has 1 unspecified atom stereocenters. The molecule has 0 aliphatic heterocycles. The molecule has 0 aromatic heterocycles. The van der Waals surface area contributed by atoms with Crippen LogP contribution < -0.4 is 5.32 Å². The third-order valence-electron chi connectivity index (χ3n) is 2.27. The molecule has 0 aromatic carbocycles. The molecular weight excluding hydrogens is 210 g/mol. The average molecular weight is 229 g/mol. The molecule has 0 bridgehead atoms. The van der Waals surface area contributed by atoms with E-state index in [1.54, 1.807) is 32.9 Å². The van der Waals surface area contributed by atoms with E-state index in [1.807, 2.05) is 0 Å². The molecule has 0 heterocycles. The monoisotopic (exact) mass is 229 g/mol. The normalized spacial score (nSPS) is 13.8. The Morgan fingerprint density at radius 3 is 2.44 bits per heavy atom. The van der Waals surface area contributed by atoms with Crippen LogP contribution >= 0.6 is 0 Å². The summed E-state index contributed by atoms with van der Waals surface area (Å²) < 4.78 is 4.96. The number of aliphatic carboxylic acids is 1. The predicted octanol–water partition coefficient (Wildman–Crippen LogP) is 0.947. The maximum Gasteiger partial charge on any atom is 0.326 e. The highest BCUT2D eigenvalue weighted by Crippen LogP contribution is 2.08. The molecule has 2 N–H and O–H groups in total. The zero-order valence-electron chi connectivity index (χ0n) is 10.1. The highest BCUT2D eigenvalue weighted by Gasteiger charge is 2.30. The van der Waals surface area contributed by atoms with E-state index >= 15 is 0 Å². The number of nitrogens with one attached hydrogen (secondary N) is 1. The third-order valence-corrected chi connectivity index (χ3v) is 2.27. The van der Waals surface area contributed by atoms with E-state index in [-0.39, 0.29) is 6.42 Å². The number of amides is 1. The quantitative estimate of drug-likeness (QED) is 0.665. The van der Waals surface area contributed by atoms with Crippen LogP contribution in [0.2, 0.25) is 0 Å². The highest BCUT2D eigenvalue weighted by molar-refractivity contribution is 5.88. The van der Waals surface area contributed by atoms with Crippen LogP contribution in [-0.2, 0) is 14.3 Å². The van der Waals surface area contributed by atoms with E-state index < -0.39 is 23.5 Å². The van der Waals surface area contributed by atoms with Gasteiger partial charge < -0.3 is 15.2 Å². The van der Waals surface area contributed by atoms with Crippen molar-refractivity contribution in [3.05, 3.63) is 12.2 Å². The van der Waals surface area contributed by atoms with Crippen LogP contribution in [0.25, 0.3) is 0 Å². The van der Waals surface area contributed by atoms with Crippen LogP contribution in [0.1, 0.15) is 27.2 Å². The number of carboxylic acid groups (broad SMARTS) is 1. The summed E-state index contributed by atoms with van der Waals surface area (Å²) >= 11 is 0. The first kappa shape index (κ1) is 14.6. The molecule has 0 aliphatic carbocycles. The molecule has 0 rings (SSSR count). The topological polar surface area (TPSA) is 75.6 Å². The first-order valence-electron chi connectivity index (χ1n) is 5.05. The van der Waals surface area contributed by atoms with Gasteiger partial charge in [-0.1, -0.05) is 12.2 Å². The Labute approximate surface area is 95.5 Å². The van der Waals surface area contributed by atoms with E-state index in [4.69, 9.17) is 9.84 Å². The van der Waals surface area contributed by atoms with Gasteiger partial charge in [0, 0.05) is 7.11 Å². The maximum atomic E-state index is 11.7. The van der Waals surface area contributed by atoms with Gasteiger partial charge in [-0.3, -0.25) is 4.79 Å². The van der Waals surface area contributed by atoms with Crippen molar-refractivity contribution in [2.45, 2.75) is 38.8 Å². The molecule has 0 saturated heterocycles. The molecule has 16 heavy (non-hydrogen) atoms. The molecule has 1 atom stereocenters. The fraction of sp³-hybridized carbons (Fsp3) is 0.636. The van der Waals surface area contributed by atoms with Gasteiger partial charge in [0.25, 0.3) is 5.91 Å². The van der Waals surface area contributed by atoms with Gasteiger partial charge in [-0.25, -0.2) is 4.79 Å². The van der Waals surface area contributed by atoms with Crippen molar-refractivity contribution < 1.29 is 19.4 Å². The van der Waals surface area contributed by atoms with Crippen molar-refractivity contribution in [1.29, 1.82) is 0 Å². The number of carboxylic acids is 1. The summed E-state index contributed by atoms with van der Waals surface area (Å²) in [6, 6.07) is -0.918. The summed E-state index contributed by atoms with van der Waals surface area (Å²) in [4.78, 5) is 22.5. The number of allylic oxidation sites excluding steroid dienone is 1.